The van der Waals surface area contributed by atoms with E-state index in [0.29, 0.717) is 5.02 Å². The van der Waals surface area contributed by atoms with Gasteiger partial charge in [-0.25, -0.2) is 24.1 Å². The predicted molar refractivity (Wildman–Crippen MR) is 106 cm³/mol. The van der Waals surface area contributed by atoms with Gasteiger partial charge < -0.3 is 15.3 Å². The molecule has 10 heteroatoms. The second-order valence-corrected chi connectivity index (χ2v) is 7.13. The van der Waals surface area contributed by atoms with Crippen LogP contribution < -0.4 is 15.4 Å². The van der Waals surface area contributed by atoms with Crippen LogP contribution in [0.4, 0.5) is 10.2 Å². The molecule has 1 amide bonds. The molecule has 2 N–H and O–H groups in total. The molecule has 0 saturated heterocycles. The lowest BCUT2D eigenvalue weighted by Gasteiger charge is -2.08. The maximum atomic E-state index is 14.3. The number of nitrogens with one attached hydrogen (secondary N) is 1. The van der Waals surface area contributed by atoms with Gasteiger partial charge in [0.2, 0.25) is 0 Å². The molecule has 154 valence electrons. The number of aromatic nitrogens is 3. The molecular weight excluding hydrogens is 413 g/mol. The van der Waals surface area contributed by atoms with Crippen molar-refractivity contribution in [2.45, 2.75) is 18.9 Å². The Kier molecular flexibility index (Phi) is 5.37. The van der Waals surface area contributed by atoms with Gasteiger partial charge in [-0.15, -0.1) is 0 Å². The topological polar surface area (TPSA) is 102 Å². The number of hydrogen-bond donors (Lipinski definition) is 2. The Bertz CT molecular complexity index is 1190. The summed E-state index contributed by atoms with van der Waals surface area (Å²) in [7, 11) is 1.42. The van der Waals surface area contributed by atoms with Crippen LogP contribution in [0.5, 0.6) is 5.75 Å². The Labute approximate surface area is 175 Å². The molecule has 2 heterocycles. The first-order chi connectivity index (χ1) is 14.4. The van der Waals surface area contributed by atoms with Crippen molar-refractivity contribution in [1.29, 1.82) is 0 Å². The fraction of sp³-hybridized carbons (Fsp3) is 0.200. The molecule has 1 fully saturated rings. The average molecular weight is 430 g/mol. The van der Waals surface area contributed by atoms with Crippen molar-refractivity contribution in [1.82, 2.24) is 20.0 Å². The van der Waals surface area contributed by atoms with E-state index in [1.54, 1.807) is 0 Å². The molecule has 3 aromatic rings. The molecule has 0 atom stereocenters. The normalized spacial score (nSPS) is 13.9. The van der Waals surface area contributed by atoms with Gasteiger partial charge in [-0.05, 0) is 37.1 Å². The first-order valence-corrected chi connectivity index (χ1v) is 9.46. The third kappa shape index (κ3) is 4.25. The number of methoxy groups -OCH3 is 1. The third-order valence-corrected chi connectivity index (χ3v) is 4.67. The lowest BCUT2D eigenvalue weighted by molar-refractivity contribution is 0.0944. The van der Waals surface area contributed by atoms with Gasteiger partial charge in [0.1, 0.15) is 5.82 Å². The second-order valence-electron chi connectivity index (χ2n) is 6.69. The third-order valence-electron chi connectivity index (χ3n) is 4.43. The molecule has 1 aliphatic carbocycles. The number of ether oxygens (including phenoxy) is 1. The maximum absolute atomic E-state index is 14.3. The summed E-state index contributed by atoms with van der Waals surface area (Å²) < 4.78 is 20.3. The van der Waals surface area contributed by atoms with E-state index in [1.807, 2.05) is 0 Å². The summed E-state index contributed by atoms with van der Waals surface area (Å²) >= 11 is 5.97. The van der Waals surface area contributed by atoms with Crippen LogP contribution in [0.3, 0.4) is 0 Å². The van der Waals surface area contributed by atoms with Gasteiger partial charge in [0.15, 0.2) is 17.4 Å². The molecular formula is C20H17ClFN5O3. The maximum Gasteiger partial charge on any atom is 0.255 e. The van der Waals surface area contributed by atoms with Crippen LogP contribution in [0.2, 0.25) is 5.02 Å². The SMILES string of the molecule is COc1cnc(-c2cc(Cl)ccc2F)nc1N=c1ccn(O)cc1C(=O)NC1CC1. The largest absolute Gasteiger partial charge is 0.491 e. The van der Waals surface area contributed by atoms with E-state index < -0.39 is 5.82 Å². The highest BCUT2D eigenvalue weighted by atomic mass is 35.5. The van der Waals surface area contributed by atoms with E-state index in [4.69, 9.17) is 16.3 Å². The van der Waals surface area contributed by atoms with Gasteiger partial charge in [0.05, 0.1) is 36.0 Å². The van der Waals surface area contributed by atoms with Crippen LogP contribution in [-0.2, 0) is 0 Å². The smallest absolute Gasteiger partial charge is 0.255 e. The number of rotatable bonds is 5. The van der Waals surface area contributed by atoms with Crippen molar-refractivity contribution in [3.63, 3.8) is 0 Å². The summed E-state index contributed by atoms with van der Waals surface area (Å²) in [6.45, 7) is 0. The molecule has 1 aromatic carbocycles. The van der Waals surface area contributed by atoms with Gasteiger partial charge >= 0.3 is 0 Å². The van der Waals surface area contributed by atoms with Crippen molar-refractivity contribution >= 4 is 23.3 Å². The van der Waals surface area contributed by atoms with Crippen LogP contribution >= 0.6 is 11.6 Å². The number of nitrogens with zero attached hydrogens (tertiary/aromatic N) is 4. The minimum absolute atomic E-state index is 0.0617. The Balaban J connectivity index is 1.83. The first-order valence-electron chi connectivity index (χ1n) is 9.08. The van der Waals surface area contributed by atoms with Gasteiger partial charge in [-0.1, -0.05) is 11.6 Å². The Morgan fingerprint density at radius 2 is 2.20 bits per heavy atom. The van der Waals surface area contributed by atoms with Gasteiger partial charge in [0, 0.05) is 17.3 Å². The van der Waals surface area contributed by atoms with E-state index in [0.717, 1.165) is 17.6 Å². The lowest BCUT2D eigenvalue weighted by Crippen LogP contribution is -2.31. The quantitative estimate of drug-likeness (QED) is 0.607. The minimum Gasteiger partial charge on any atom is -0.491 e. The second kappa shape index (κ2) is 8.11. The highest BCUT2D eigenvalue weighted by Gasteiger charge is 2.24. The molecule has 0 bridgehead atoms. The molecule has 30 heavy (non-hydrogen) atoms. The first kappa shape index (κ1) is 19.8. The molecule has 2 aromatic heterocycles. The van der Waals surface area contributed by atoms with Crippen LogP contribution in [0.25, 0.3) is 11.4 Å². The molecule has 1 saturated carbocycles. The zero-order valence-corrected chi connectivity index (χ0v) is 16.6. The molecule has 0 aliphatic heterocycles. The van der Waals surface area contributed by atoms with Crippen LogP contribution in [0.1, 0.15) is 23.2 Å². The van der Waals surface area contributed by atoms with E-state index in [2.05, 4.69) is 20.3 Å². The van der Waals surface area contributed by atoms with Gasteiger partial charge in [-0.2, -0.15) is 0 Å². The van der Waals surface area contributed by atoms with Crippen LogP contribution in [-0.4, -0.2) is 39.0 Å². The summed E-state index contributed by atoms with van der Waals surface area (Å²) in [6.07, 6.45) is 5.78. The summed E-state index contributed by atoms with van der Waals surface area (Å²) in [4.78, 5) is 25.4. The van der Waals surface area contributed by atoms with Crippen molar-refractivity contribution in [3.05, 3.63) is 64.6 Å². The fourth-order valence-electron chi connectivity index (χ4n) is 2.74. The minimum atomic E-state index is -0.541. The average Bonchev–Trinajstić information content (AvgIpc) is 3.55. The standard InChI is InChI=1S/C20H17ClFN5O3/c1-30-17-9-23-18(13-8-11(21)2-5-15(13)22)26-19(17)25-16-6-7-27(29)10-14(16)20(28)24-12-3-4-12/h2,5-10,12,29H,3-4H2,1H3,(H,24,28). The van der Waals surface area contributed by atoms with Crippen molar-refractivity contribution < 1.29 is 19.1 Å². The molecule has 1 aliphatic rings. The monoisotopic (exact) mass is 429 g/mol. The van der Waals surface area contributed by atoms with Crippen molar-refractivity contribution in [2.75, 3.05) is 7.11 Å². The number of halogens is 2. The van der Waals surface area contributed by atoms with E-state index >= 15 is 0 Å². The van der Waals surface area contributed by atoms with E-state index in [-0.39, 0.29) is 45.8 Å². The Morgan fingerprint density at radius 1 is 1.40 bits per heavy atom. The molecule has 0 radical (unpaired) electrons. The van der Waals surface area contributed by atoms with Gasteiger partial charge in [0.25, 0.3) is 5.91 Å². The number of hydrogen-bond acceptors (Lipinski definition) is 6. The zero-order valence-electron chi connectivity index (χ0n) is 15.8. The summed E-state index contributed by atoms with van der Waals surface area (Å²) in [6, 6.07) is 5.65. The molecule has 0 unspecified atom stereocenters. The fourth-order valence-corrected chi connectivity index (χ4v) is 2.91. The molecule has 8 nitrogen and oxygen atoms in total. The summed E-state index contributed by atoms with van der Waals surface area (Å²) in [5, 5.41) is 13.2. The Hall–Kier alpha value is -3.46. The van der Waals surface area contributed by atoms with Gasteiger partial charge in [-0.3, -0.25) is 4.79 Å². The number of pyridine rings is 1. The summed E-state index contributed by atoms with van der Waals surface area (Å²) in [5.74, 6) is -0.518. The van der Waals surface area contributed by atoms with E-state index in [9.17, 15) is 14.4 Å². The predicted octanol–water partition coefficient (Wildman–Crippen LogP) is 3.11. The number of benzene rings is 1. The number of carbonyl (C=O) groups is 1. The highest BCUT2D eigenvalue weighted by molar-refractivity contribution is 6.30. The number of carbonyl (C=O) groups excluding carboxylic acids is 1. The summed E-state index contributed by atoms with van der Waals surface area (Å²) in [5.41, 5.74) is 0.262. The zero-order chi connectivity index (χ0) is 21.3. The van der Waals surface area contributed by atoms with Crippen LogP contribution in [0, 0.1) is 5.82 Å². The van der Waals surface area contributed by atoms with Crippen LogP contribution in [0.15, 0.2) is 47.8 Å². The Morgan fingerprint density at radius 3 is 2.93 bits per heavy atom. The molecule has 4 rings (SSSR count). The molecule has 0 spiro atoms. The lowest BCUT2D eigenvalue weighted by atomic mass is 10.2. The van der Waals surface area contributed by atoms with Crippen molar-refractivity contribution in [2.24, 2.45) is 4.99 Å². The van der Waals surface area contributed by atoms with Crippen molar-refractivity contribution in [3.8, 4) is 17.1 Å². The van der Waals surface area contributed by atoms with E-state index in [1.165, 1.54) is 50.0 Å². The highest BCUT2D eigenvalue weighted by Crippen LogP contribution is 2.29. The number of amides is 1.